The SMILES string of the molecule is C#CCN(C)C12CCCC(CC(C)(C)C1)C2. The molecule has 2 bridgehead atoms. The van der Waals surface area contributed by atoms with E-state index in [-0.39, 0.29) is 0 Å². The Morgan fingerprint density at radius 3 is 2.81 bits per heavy atom. The molecule has 16 heavy (non-hydrogen) atoms. The first-order chi connectivity index (χ1) is 7.47. The van der Waals surface area contributed by atoms with Gasteiger partial charge in [0.05, 0.1) is 6.54 Å². The monoisotopic (exact) mass is 219 g/mol. The predicted molar refractivity (Wildman–Crippen MR) is 69.2 cm³/mol. The first-order valence-corrected chi connectivity index (χ1v) is 6.62. The van der Waals surface area contributed by atoms with E-state index in [1.165, 1.54) is 38.5 Å². The van der Waals surface area contributed by atoms with Gasteiger partial charge in [0.15, 0.2) is 0 Å². The molecule has 0 radical (unpaired) electrons. The lowest BCUT2D eigenvalue weighted by Gasteiger charge is -2.55. The molecule has 2 saturated carbocycles. The molecule has 0 spiro atoms. The van der Waals surface area contributed by atoms with Crippen LogP contribution in [0.4, 0.5) is 0 Å². The van der Waals surface area contributed by atoms with E-state index in [9.17, 15) is 0 Å². The molecule has 2 unspecified atom stereocenters. The average Bonchev–Trinajstić information content (AvgIpc) is 2.15. The van der Waals surface area contributed by atoms with Crippen LogP contribution in [0.5, 0.6) is 0 Å². The lowest BCUT2D eigenvalue weighted by Crippen LogP contribution is -2.55. The summed E-state index contributed by atoms with van der Waals surface area (Å²) in [7, 11) is 2.23. The van der Waals surface area contributed by atoms with Gasteiger partial charge in [0, 0.05) is 5.54 Å². The Morgan fingerprint density at radius 2 is 2.12 bits per heavy atom. The van der Waals surface area contributed by atoms with Crippen LogP contribution >= 0.6 is 0 Å². The fraction of sp³-hybridized carbons (Fsp3) is 0.867. The molecule has 2 aliphatic carbocycles. The minimum atomic E-state index is 0.414. The number of hydrogen-bond acceptors (Lipinski definition) is 1. The van der Waals surface area contributed by atoms with E-state index in [1.807, 2.05) is 0 Å². The van der Waals surface area contributed by atoms with Crippen molar-refractivity contribution in [2.24, 2.45) is 11.3 Å². The molecule has 2 fully saturated rings. The van der Waals surface area contributed by atoms with Gasteiger partial charge in [-0.2, -0.15) is 0 Å². The summed E-state index contributed by atoms with van der Waals surface area (Å²) >= 11 is 0. The summed E-state index contributed by atoms with van der Waals surface area (Å²) in [5.74, 6) is 3.76. The molecule has 0 aliphatic heterocycles. The largest absolute Gasteiger partial charge is 0.290 e. The molecule has 0 saturated heterocycles. The highest BCUT2D eigenvalue weighted by atomic mass is 15.2. The van der Waals surface area contributed by atoms with Crippen molar-refractivity contribution >= 4 is 0 Å². The second kappa shape index (κ2) is 4.08. The predicted octanol–water partition coefficient (Wildman–Crippen LogP) is 3.30. The van der Waals surface area contributed by atoms with Gasteiger partial charge in [0.1, 0.15) is 0 Å². The lowest BCUT2D eigenvalue weighted by molar-refractivity contribution is -0.0320. The van der Waals surface area contributed by atoms with Crippen molar-refractivity contribution in [1.82, 2.24) is 4.90 Å². The van der Waals surface area contributed by atoms with E-state index in [0.717, 1.165) is 12.5 Å². The maximum absolute atomic E-state index is 5.48. The highest BCUT2D eigenvalue weighted by Gasteiger charge is 2.47. The highest BCUT2D eigenvalue weighted by molar-refractivity contribution is 5.05. The topological polar surface area (TPSA) is 3.24 Å². The molecule has 2 aliphatic rings. The Bertz CT molecular complexity index is 299. The Morgan fingerprint density at radius 1 is 1.38 bits per heavy atom. The Hall–Kier alpha value is -0.480. The standard InChI is InChI=1S/C15H25N/c1-5-9-16(4)15-8-6-7-13(11-15)10-14(2,3)12-15/h1,13H,6-12H2,2-4H3. The molecule has 0 amide bonds. The third-order valence-corrected chi connectivity index (χ3v) is 4.71. The molecule has 0 N–H and O–H groups in total. The van der Waals surface area contributed by atoms with Crippen molar-refractivity contribution in [3.8, 4) is 12.3 Å². The van der Waals surface area contributed by atoms with Crippen molar-refractivity contribution in [1.29, 1.82) is 0 Å². The van der Waals surface area contributed by atoms with E-state index >= 15 is 0 Å². The molecule has 0 aromatic carbocycles. The molecule has 1 heteroatoms. The minimum Gasteiger partial charge on any atom is -0.290 e. The molecule has 1 nitrogen and oxygen atoms in total. The van der Waals surface area contributed by atoms with Gasteiger partial charge in [-0.15, -0.1) is 6.42 Å². The zero-order valence-corrected chi connectivity index (χ0v) is 11.1. The summed E-state index contributed by atoms with van der Waals surface area (Å²) in [6.45, 7) is 5.68. The van der Waals surface area contributed by atoms with Gasteiger partial charge in [0.25, 0.3) is 0 Å². The number of hydrogen-bond donors (Lipinski definition) is 0. The van der Waals surface area contributed by atoms with Crippen LogP contribution in [0.1, 0.15) is 52.4 Å². The minimum absolute atomic E-state index is 0.414. The highest BCUT2D eigenvalue weighted by Crippen LogP contribution is 2.52. The number of terminal acetylenes is 1. The second-order valence-electron chi connectivity index (χ2n) is 6.79. The summed E-state index contributed by atoms with van der Waals surface area (Å²) in [6.07, 6.45) is 13.8. The maximum Gasteiger partial charge on any atom is 0.0600 e. The molecular weight excluding hydrogens is 194 g/mol. The van der Waals surface area contributed by atoms with Crippen LogP contribution in [0.15, 0.2) is 0 Å². The Labute approximate surface area is 101 Å². The van der Waals surface area contributed by atoms with Crippen LogP contribution in [0, 0.1) is 23.7 Å². The summed E-state index contributed by atoms with van der Waals surface area (Å²) in [5, 5.41) is 0. The molecule has 0 aromatic rings. The van der Waals surface area contributed by atoms with Crippen molar-refractivity contribution in [2.45, 2.75) is 57.9 Å². The van der Waals surface area contributed by atoms with Gasteiger partial charge in [-0.1, -0.05) is 32.6 Å². The third kappa shape index (κ3) is 2.13. The number of nitrogens with zero attached hydrogens (tertiary/aromatic N) is 1. The van der Waals surface area contributed by atoms with Crippen LogP contribution in [0.2, 0.25) is 0 Å². The van der Waals surface area contributed by atoms with Crippen LogP contribution in [-0.2, 0) is 0 Å². The zero-order valence-electron chi connectivity index (χ0n) is 11.1. The fourth-order valence-corrected chi connectivity index (χ4v) is 4.33. The maximum atomic E-state index is 5.48. The van der Waals surface area contributed by atoms with E-state index in [0.29, 0.717) is 11.0 Å². The van der Waals surface area contributed by atoms with E-state index in [2.05, 4.69) is 31.7 Å². The molecule has 2 rings (SSSR count). The summed E-state index contributed by atoms with van der Waals surface area (Å²) < 4.78 is 0. The molecule has 2 atom stereocenters. The average molecular weight is 219 g/mol. The van der Waals surface area contributed by atoms with Crippen LogP contribution < -0.4 is 0 Å². The lowest BCUT2D eigenvalue weighted by atomic mass is 9.58. The van der Waals surface area contributed by atoms with Crippen LogP contribution in [0.25, 0.3) is 0 Å². The quantitative estimate of drug-likeness (QED) is 0.644. The first kappa shape index (κ1) is 12.0. The van der Waals surface area contributed by atoms with Crippen LogP contribution in [0.3, 0.4) is 0 Å². The Balaban J connectivity index is 2.20. The van der Waals surface area contributed by atoms with Crippen molar-refractivity contribution < 1.29 is 0 Å². The smallest absolute Gasteiger partial charge is 0.0600 e. The summed E-state index contributed by atoms with van der Waals surface area (Å²) in [6, 6.07) is 0. The van der Waals surface area contributed by atoms with Crippen molar-refractivity contribution in [3.05, 3.63) is 0 Å². The van der Waals surface area contributed by atoms with Crippen molar-refractivity contribution in [3.63, 3.8) is 0 Å². The van der Waals surface area contributed by atoms with E-state index in [1.54, 1.807) is 0 Å². The molecule has 0 heterocycles. The van der Waals surface area contributed by atoms with Gasteiger partial charge in [-0.25, -0.2) is 0 Å². The van der Waals surface area contributed by atoms with Gasteiger partial charge < -0.3 is 0 Å². The normalized spacial score (nSPS) is 37.1. The molecular formula is C15H25N. The Kier molecular flexibility index (Phi) is 3.05. The number of rotatable bonds is 2. The van der Waals surface area contributed by atoms with E-state index in [4.69, 9.17) is 6.42 Å². The van der Waals surface area contributed by atoms with E-state index < -0.39 is 0 Å². The third-order valence-electron chi connectivity index (χ3n) is 4.71. The van der Waals surface area contributed by atoms with Crippen molar-refractivity contribution in [2.75, 3.05) is 13.6 Å². The van der Waals surface area contributed by atoms with Gasteiger partial charge >= 0.3 is 0 Å². The first-order valence-electron chi connectivity index (χ1n) is 6.62. The fourth-order valence-electron chi connectivity index (χ4n) is 4.33. The summed E-state index contributed by atoms with van der Waals surface area (Å²) in [5.41, 5.74) is 0.920. The summed E-state index contributed by atoms with van der Waals surface area (Å²) in [4.78, 5) is 2.46. The number of fused-ring (bicyclic) bond motifs is 2. The zero-order chi connectivity index (χ0) is 11.8. The van der Waals surface area contributed by atoms with Gasteiger partial charge in [0.2, 0.25) is 0 Å². The molecule has 90 valence electrons. The van der Waals surface area contributed by atoms with Gasteiger partial charge in [-0.3, -0.25) is 4.90 Å². The van der Waals surface area contributed by atoms with Gasteiger partial charge in [-0.05, 0) is 44.1 Å². The second-order valence-corrected chi connectivity index (χ2v) is 6.79. The van der Waals surface area contributed by atoms with Crippen LogP contribution in [-0.4, -0.2) is 24.0 Å². The molecule has 0 aromatic heterocycles.